The number of nitrogen functional groups attached to an aromatic ring is 1. The summed E-state index contributed by atoms with van der Waals surface area (Å²) in [6, 6.07) is 9.87. The Morgan fingerprint density at radius 2 is 1.74 bits per heavy atom. The number of Topliss-reactive ketones (excluding diaryl/α,β-unsaturated/α-hetero) is 1. The highest BCUT2D eigenvalue weighted by Crippen LogP contribution is 2.30. The lowest BCUT2D eigenvalue weighted by atomic mass is 10.1. The molecule has 1 fully saturated rings. The molecule has 0 saturated carbocycles. The number of ketones is 1. The molecule has 1 aliphatic rings. The normalized spacial score (nSPS) is 13.1. The maximum Gasteiger partial charge on any atom is 0.295 e. The first-order chi connectivity index (χ1) is 16.4. The zero-order chi connectivity index (χ0) is 24.8. The average Bonchev–Trinajstić information content (AvgIpc) is 3.34. The van der Waals surface area contributed by atoms with Gasteiger partial charge in [-0.3, -0.25) is 15.0 Å². The van der Waals surface area contributed by atoms with Crippen molar-refractivity contribution in [2.24, 2.45) is 5.73 Å². The third-order valence-corrected chi connectivity index (χ3v) is 5.64. The minimum atomic E-state index is -0.648. The van der Waals surface area contributed by atoms with E-state index in [1.807, 2.05) is 44.2 Å². The molecule has 0 aliphatic carbocycles. The van der Waals surface area contributed by atoms with E-state index in [-0.39, 0.29) is 17.1 Å². The van der Waals surface area contributed by atoms with Crippen molar-refractivity contribution in [1.82, 2.24) is 19.8 Å². The van der Waals surface area contributed by atoms with Crippen LogP contribution in [0.3, 0.4) is 0 Å². The fourth-order valence-electron chi connectivity index (χ4n) is 3.91. The summed E-state index contributed by atoms with van der Waals surface area (Å²) < 4.78 is 5.33. The number of hydrogen-bond acceptors (Lipinski definition) is 6. The zero-order valence-corrected chi connectivity index (χ0v) is 19.7. The van der Waals surface area contributed by atoms with Gasteiger partial charge < -0.3 is 25.3 Å². The first-order valence-corrected chi connectivity index (χ1v) is 11.1. The van der Waals surface area contributed by atoms with Gasteiger partial charge in [0.25, 0.3) is 11.7 Å². The Bertz CT molecular complexity index is 1210. The molecule has 1 saturated heterocycles. The topological polar surface area (TPSA) is 128 Å². The van der Waals surface area contributed by atoms with Crippen LogP contribution in [0.5, 0.6) is 5.75 Å². The summed E-state index contributed by atoms with van der Waals surface area (Å²) in [5, 5.41) is 8.10. The maximum absolute atomic E-state index is 13.1. The molecule has 4 N–H and O–H groups in total. The van der Waals surface area contributed by atoms with Crippen LogP contribution in [0.2, 0.25) is 0 Å². The number of fused-ring (bicyclic) bond motifs is 1. The van der Waals surface area contributed by atoms with Gasteiger partial charge in [0, 0.05) is 38.1 Å². The summed E-state index contributed by atoms with van der Waals surface area (Å²) in [4.78, 5) is 36.8. The van der Waals surface area contributed by atoms with Crippen LogP contribution >= 0.6 is 0 Å². The fraction of sp³-hybridized carbons (Fsp3) is 0.280. The van der Waals surface area contributed by atoms with Gasteiger partial charge in [-0.1, -0.05) is 50.8 Å². The van der Waals surface area contributed by atoms with Gasteiger partial charge in [0.2, 0.25) is 0 Å². The van der Waals surface area contributed by atoms with E-state index in [0.29, 0.717) is 42.8 Å². The highest BCUT2D eigenvalue weighted by Gasteiger charge is 2.30. The number of aromatic amines is 1. The molecule has 3 aromatic rings. The third kappa shape index (κ3) is 4.63. The molecule has 1 aliphatic heterocycles. The molecule has 9 nitrogen and oxygen atoms in total. The number of ether oxygens (including phenoxy) is 1. The van der Waals surface area contributed by atoms with Crippen molar-refractivity contribution in [2.45, 2.75) is 13.8 Å². The number of carbonyl (C=O) groups is 2. The van der Waals surface area contributed by atoms with E-state index in [1.165, 1.54) is 19.5 Å². The average molecular weight is 463 g/mol. The number of nitrogens with two attached hydrogens (primary N) is 1. The zero-order valence-electron chi connectivity index (χ0n) is 19.7. The fourth-order valence-corrected chi connectivity index (χ4v) is 3.91. The van der Waals surface area contributed by atoms with Crippen LogP contribution in [0.4, 0.5) is 0 Å². The molecule has 0 radical (unpaired) electrons. The van der Waals surface area contributed by atoms with E-state index >= 15 is 0 Å². The molecule has 0 unspecified atom stereocenters. The Balaban J connectivity index is 0.00000158. The van der Waals surface area contributed by atoms with Gasteiger partial charge in [-0.2, -0.15) is 0 Å². The molecule has 178 valence electrons. The minimum Gasteiger partial charge on any atom is -0.494 e. The van der Waals surface area contributed by atoms with Crippen molar-refractivity contribution in [1.29, 1.82) is 5.41 Å². The van der Waals surface area contributed by atoms with E-state index in [4.69, 9.17) is 15.9 Å². The number of amides is 1. The van der Waals surface area contributed by atoms with Crippen molar-refractivity contribution in [3.8, 4) is 5.75 Å². The lowest BCUT2D eigenvalue weighted by Gasteiger charge is -2.36. The van der Waals surface area contributed by atoms with E-state index in [2.05, 4.69) is 21.4 Å². The van der Waals surface area contributed by atoms with Crippen LogP contribution in [-0.2, 0) is 4.79 Å². The Morgan fingerprint density at radius 3 is 2.32 bits per heavy atom. The predicted octanol–water partition coefficient (Wildman–Crippen LogP) is 2.88. The van der Waals surface area contributed by atoms with Gasteiger partial charge in [0.1, 0.15) is 17.3 Å². The van der Waals surface area contributed by atoms with Crippen LogP contribution < -0.4 is 10.5 Å². The highest BCUT2D eigenvalue weighted by atomic mass is 16.5. The van der Waals surface area contributed by atoms with Crippen molar-refractivity contribution in [3.63, 3.8) is 0 Å². The van der Waals surface area contributed by atoms with Crippen LogP contribution in [0.25, 0.3) is 16.6 Å². The lowest BCUT2D eigenvalue weighted by Crippen LogP contribution is -2.49. The number of aromatic nitrogens is 2. The number of H-pyrrole nitrogens is 1. The van der Waals surface area contributed by atoms with Gasteiger partial charge in [0.05, 0.1) is 29.8 Å². The number of nitrogens with one attached hydrogen (secondary N) is 2. The Morgan fingerprint density at radius 1 is 1.12 bits per heavy atom. The van der Waals surface area contributed by atoms with Crippen LogP contribution in [0.1, 0.15) is 35.5 Å². The van der Waals surface area contributed by atoms with Crippen LogP contribution in [-0.4, -0.2) is 70.6 Å². The highest BCUT2D eigenvalue weighted by molar-refractivity contribution is 6.45. The van der Waals surface area contributed by atoms with Gasteiger partial charge in [-0.25, -0.2) is 4.98 Å². The molecule has 34 heavy (non-hydrogen) atoms. The lowest BCUT2D eigenvalue weighted by molar-refractivity contribution is -0.127. The number of piperazine rings is 1. The molecule has 9 heteroatoms. The molecule has 0 atom stereocenters. The van der Waals surface area contributed by atoms with E-state index in [9.17, 15) is 9.59 Å². The number of amidine groups is 1. The Kier molecular flexibility index (Phi) is 7.68. The predicted molar refractivity (Wildman–Crippen MR) is 133 cm³/mol. The van der Waals surface area contributed by atoms with Crippen molar-refractivity contribution >= 4 is 34.1 Å². The second kappa shape index (κ2) is 10.7. The van der Waals surface area contributed by atoms with Crippen molar-refractivity contribution in [3.05, 3.63) is 66.1 Å². The molecule has 1 aromatic carbocycles. The molecule has 0 bridgehead atoms. The number of hydrogen-bond donors (Lipinski definition) is 3. The molecule has 1 amide bonds. The SMILES string of the molecule is C=C(c1ccccc1)N1CCN(C(=O)C(=O)c2c[nH]c3c(C(=N)N)ncc(OC)c23)CC1.CC. The van der Waals surface area contributed by atoms with Crippen LogP contribution in [0, 0.1) is 5.41 Å². The summed E-state index contributed by atoms with van der Waals surface area (Å²) >= 11 is 0. The van der Waals surface area contributed by atoms with E-state index in [0.717, 1.165) is 11.3 Å². The smallest absolute Gasteiger partial charge is 0.295 e. The maximum atomic E-state index is 13.1. The third-order valence-electron chi connectivity index (χ3n) is 5.64. The summed E-state index contributed by atoms with van der Waals surface area (Å²) in [6.45, 7) is 10.2. The number of pyridine rings is 1. The van der Waals surface area contributed by atoms with Crippen LogP contribution in [0.15, 0.2) is 49.3 Å². The molecule has 0 spiro atoms. The largest absolute Gasteiger partial charge is 0.494 e. The van der Waals surface area contributed by atoms with Gasteiger partial charge in [0.15, 0.2) is 0 Å². The second-order valence-corrected chi connectivity index (χ2v) is 7.46. The monoisotopic (exact) mass is 462 g/mol. The number of carbonyl (C=O) groups excluding carboxylic acids is 2. The number of nitrogens with zero attached hydrogens (tertiary/aromatic N) is 3. The second-order valence-electron chi connectivity index (χ2n) is 7.46. The molecule has 4 rings (SSSR count). The van der Waals surface area contributed by atoms with Gasteiger partial charge >= 0.3 is 0 Å². The van der Waals surface area contributed by atoms with Crippen molar-refractivity contribution in [2.75, 3.05) is 33.3 Å². The number of benzene rings is 1. The molecular formula is C25H30N6O3. The first-order valence-electron chi connectivity index (χ1n) is 11.1. The molecule has 2 aromatic heterocycles. The molecule has 3 heterocycles. The van der Waals surface area contributed by atoms with Crippen molar-refractivity contribution < 1.29 is 14.3 Å². The Labute approximate surface area is 198 Å². The Hall–Kier alpha value is -4.14. The minimum absolute atomic E-state index is 0.169. The summed E-state index contributed by atoms with van der Waals surface area (Å²) in [5.74, 6) is -1.16. The van der Waals surface area contributed by atoms with Gasteiger partial charge in [-0.15, -0.1) is 0 Å². The summed E-state index contributed by atoms with van der Waals surface area (Å²) in [7, 11) is 1.45. The summed E-state index contributed by atoms with van der Waals surface area (Å²) in [5.41, 5.74) is 8.28. The van der Waals surface area contributed by atoms with E-state index in [1.54, 1.807) is 4.90 Å². The van der Waals surface area contributed by atoms with E-state index < -0.39 is 11.7 Å². The first kappa shape index (κ1) is 24.5. The quantitative estimate of drug-likeness (QED) is 0.224. The molecular weight excluding hydrogens is 432 g/mol. The standard InChI is InChI=1S/C23H24N6O3.C2H6/c1-14(15-6-4-3-5-7-15)28-8-10-29(11-9-28)23(31)21(30)16-12-26-19-18(16)17(32-2)13-27-20(19)22(24)25;1-2/h3-7,12-13,26H,1,8-11H2,2H3,(H3,24,25);1-2H3. The number of rotatable bonds is 6. The number of methoxy groups -OCH3 is 1. The van der Waals surface area contributed by atoms with Gasteiger partial charge in [-0.05, 0) is 5.56 Å². The summed E-state index contributed by atoms with van der Waals surface area (Å²) in [6.07, 6.45) is 2.83.